The average molecular weight is 378 g/mol. The van der Waals surface area contributed by atoms with E-state index in [0.717, 1.165) is 29.2 Å². The van der Waals surface area contributed by atoms with E-state index in [-0.39, 0.29) is 18.3 Å². The topological polar surface area (TPSA) is 53.4 Å². The van der Waals surface area contributed by atoms with E-state index in [1.165, 1.54) is 12.1 Å². The van der Waals surface area contributed by atoms with Crippen LogP contribution in [0.3, 0.4) is 0 Å². The third-order valence-corrected chi connectivity index (χ3v) is 5.65. The number of hydrogen-bond donors (Lipinski definition) is 1. The van der Waals surface area contributed by atoms with Crippen molar-refractivity contribution >= 4 is 16.7 Å². The van der Waals surface area contributed by atoms with Crippen LogP contribution in [-0.2, 0) is 6.42 Å². The van der Waals surface area contributed by atoms with Crippen LogP contribution in [0.25, 0.3) is 10.8 Å². The van der Waals surface area contributed by atoms with Gasteiger partial charge in [-0.15, -0.1) is 0 Å². The molecule has 1 aliphatic rings. The van der Waals surface area contributed by atoms with Gasteiger partial charge in [0.2, 0.25) is 0 Å². The van der Waals surface area contributed by atoms with E-state index in [2.05, 4.69) is 4.98 Å². The number of aliphatic hydroxyl groups is 1. The Kier molecular flexibility index (Phi) is 5.09. The smallest absolute Gasteiger partial charge is 0.273 e. The number of aliphatic hydroxyl groups excluding tert-OH is 1. The fraction of sp³-hybridized carbons (Fsp3) is 0.304. The van der Waals surface area contributed by atoms with Crippen molar-refractivity contribution in [3.63, 3.8) is 0 Å². The van der Waals surface area contributed by atoms with Gasteiger partial charge >= 0.3 is 0 Å². The van der Waals surface area contributed by atoms with Gasteiger partial charge in [-0.05, 0) is 48.4 Å². The molecule has 1 atom stereocenters. The molecule has 0 bridgehead atoms. The second-order valence-electron chi connectivity index (χ2n) is 7.67. The lowest BCUT2D eigenvalue weighted by atomic mass is 9.75. The SMILES string of the molecule is O=C(c1nccc2ccccc12)N1CCCC(CO)(Cc2ccc(F)cc2)C1. The zero-order valence-corrected chi connectivity index (χ0v) is 15.6. The van der Waals surface area contributed by atoms with Gasteiger partial charge in [-0.2, -0.15) is 0 Å². The molecule has 2 aromatic carbocycles. The van der Waals surface area contributed by atoms with Gasteiger partial charge in [0.1, 0.15) is 11.5 Å². The lowest BCUT2D eigenvalue weighted by Crippen LogP contribution is -2.49. The fourth-order valence-electron chi connectivity index (χ4n) is 4.19. The van der Waals surface area contributed by atoms with Gasteiger partial charge in [-0.1, -0.05) is 36.4 Å². The molecule has 4 rings (SSSR count). The number of halogens is 1. The predicted molar refractivity (Wildman–Crippen MR) is 107 cm³/mol. The van der Waals surface area contributed by atoms with Gasteiger partial charge < -0.3 is 10.0 Å². The summed E-state index contributed by atoms with van der Waals surface area (Å²) in [7, 11) is 0. The maximum Gasteiger partial charge on any atom is 0.273 e. The minimum atomic E-state index is -0.420. The Bertz CT molecular complexity index is 984. The summed E-state index contributed by atoms with van der Waals surface area (Å²) >= 11 is 0. The van der Waals surface area contributed by atoms with E-state index in [9.17, 15) is 14.3 Å². The van der Waals surface area contributed by atoms with Crippen molar-refractivity contribution in [3.05, 3.63) is 77.9 Å². The molecule has 3 aromatic rings. The van der Waals surface area contributed by atoms with Crippen LogP contribution in [-0.4, -0.2) is 40.6 Å². The van der Waals surface area contributed by atoms with Crippen LogP contribution in [0.15, 0.2) is 60.8 Å². The van der Waals surface area contributed by atoms with E-state index >= 15 is 0 Å². The number of fused-ring (bicyclic) bond motifs is 1. The number of nitrogens with zero attached hydrogens (tertiary/aromatic N) is 2. The number of piperidine rings is 1. The minimum Gasteiger partial charge on any atom is -0.396 e. The quantitative estimate of drug-likeness (QED) is 0.751. The average Bonchev–Trinajstić information content (AvgIpc) is 2.74. The normalized spacial score (nSPS) is 19.7. The zero-order chi connectivity index (χ0) is 19.6. The molecule has 0 aliphatic carbocycles. The molecule has 0 radical (unpaired) electrons. The number of carbonyl (C=O) groups excluding carboxylic acids is 1. The van der Waals surface area contributed by atoms with E-state index in [1.54, 1.807) is 23.2 Å². The van der Waals surface area contributed by atoms with Crippen LogP contribution in [0.2, 0.25) is 0 Å². The molecule has 1 N–H and O–H groups in total. The van der Waals surface area contributed by atoms with Crippen molar-refractivity contribution in [2.24, 2.45) is 5.41 Å². The summed E-state index contributed by atoms with van der Waals surface area (Å²) in [4.78, 5) is 19.4. The number of likely N-dealkylation sites (tertiary alicyclic amines) is 1. The second-order valence-corrected chi connectivity index (χ2v) is 7.67. The number of carbonyl (C=O) groups is 1. The molecule has 0 saturated carbocycles. The van der Waals surface area contributed by atoms with Crippen LogP contribution < -0.4 is 0 Å². The van der Waals surface area contributed by atoms with E-state index in [0.29, 0.717) is 25.2 Å². The summed E-state index contributed by atoms with van der Waals surface area (Å²) in [6, 6.07) is 16.0. The second kappa shape index (κ2) is 7.68. The molecule has 1 fully saturated rings. The van der Waals surface area contributed by atoms with E-state index in [1.807, 2.05) is 30.3 Å². The first-order valence-electron chi connectivity index (χ1n) is 9.59. The minimum absolute atomic E-state index is 0.0167. The van der Waals surface area contributed by atoms with Gasteiger partial charge in [0, 0.05) is 30.1 Å². The lowest BCUT2D eigenvalue weighted by molar-refractivity contribution is 0.0269. The molecular weight excluding hydrogens is 355 g/mol. The summed E-state index contributed by atoms with van der Waals surface area (Å²) in [5, 5.41) is 12.0. The van der Waals surface area contributed by atoms with Crippen molar-refractivity contribution < 1.29 is 14.3 Å². The van der Waals surface area contributed by atoms with Crippen molar-refractivity contribution in [2.75, 3.05) is 19.7 Å². The molecule has 2 heterocycles. The Labute approximate surface area is 163 Å². The Balaban J connectivity index is 1.59. The number of amides is 1. The summed E-state index contributed by atoms with van der Waals surface area (Å²) in [6.45, 7) is 1.09. The standard InChI is InChI=1S/C23H23FN2O2/c24-19-8-6-17(7-9-19)14-23(16-27)11-3-13-26(15-23)22(28)21-20-5-2-1-4-18(20)10-12-25-21/h1-2,4-10,12,27H,3,11,13-16H2. The van der Waals surface area contributed by atoms with Crippen LogP contribution in [0.5, 0.6) is 0 Å². The Morgan fingerprint density at radius 3 is 2.71 bits per heavy atom. The van der Waals surface area contributed by atoms with Gasteiger partial charge in [-0.3, -0.25) is 9.78 Å². The van der Waals surface area contributed by atoms with Crippen molar-refractivity contribution in [1.82, 2.24) is 9.88 Å². The van der Waals surface area contributed by atoms with E-state index < -0.39 is 5.41 Å². The summed E-state index contributed by atoms with van der Waals surface area (Å²) in [5.41, 5.74) is 0.998. The highest BCUT2D eigenvalue weighted by molar-refractivity contribution is 6.05. The van der Waals surface area contributed by atoms with Crippen molar-refractivity contribution in [1.29, 1.82) is 0 Å². The highest BCUT2D eigenvalue weighted by atomic mass is 19.1. The maximum absolute atomic E-state index is 13.2. The molecule has 1 amide bonds. The molecule has 0 spiro atoms. The molecule has 5 heteroatoms. The monoisotopic (exact) mass is 378 g/mol. The zero-order valence-electron chi connectivity index (χ0n) is 15.6. The first-order chi connectivity index (χ1) is 13.6. The van der Waals surface area contributed by atoms with Crippen LogP contribution in [0.1, 0.15) is 28.9 Å². The van der Waals surface area contributed by atoms with Gasteiger partial charge in [0.25, 0.3) is 5.91 Å². The molecule has 144 valence electrons. The van der Waals surface area contributed by atoms with Crippen LogP contribution >= 0.6 is 0 Å². The number of hydrogen-bond acceptors (Lipinski definition) is 3. The number of aromatic nitrogens is 1. The molecule has 1 aliphatic heterocycles. The molecular formula is C23H23FN2O2. The molecule has 4 nitrogen and oxygen atoms in total. The molecule has 1 saturated heterocycles. The van der Waals surface area contributed by atoms with Gasteiger partial charge in [0.05, 0.1) is 6.61 Å². The summed E-state index contributed by atoms with van der Waals surface area (Å²) < 4.78 is 13.2. The molecule has 1 aromatic heterocycles. The van der Waals surface area contributed by atoms with Crippen LogP contribution in [0, 0.1) is 11.2 Å². The third-order valence-electron chi connectivity index (χ3n) is 5.65. The Morgan fingerprint density at radius 2 is 1.93 bits per heavy atom. The number of benzene rings is 2. The predicted octanol–water partition coefficient (Wildman–Crippen LogP) is 3.83. The molecule has 1 unspecified atom stereocenters. The van der Waals surface area contributed by atoms with Crippen LogP contribution in [0.4, 0.5) is 4.39 Å². The first-order valence-corrected chi connectivity index (χ1v) is 9.59. The van der Waals surface area contributed by atoms with Crippen molar-refractivity contribution in [3.8, 4) is 0 Å². The number of pyridine rings is 1. The summed E-state index contributed by atoms with van der Waals surface area (Å²) in [5.74, 6) is -0.377. The van der Waals surface area contributed by atoms with Gasteiger partial charge in [0.15, 0.2) is 0 Å². The van der Waals surface area contributed by atoms with E-state index in [4.69, 9.17) is 0 Å². The maximum atomic E-state index is 13.2. The molecule has 28 heavy (non-hydrogen) atoms. The largest absolute Gasteiger partial charge is 0.396 e. The van der Waals surface area contributed by atoms with Crippen molar-refractivity contribution in [2.45, 2.75) is 19.3 Å². The Morgan fingerprint density at radius 1 is 1.14 bits per heavy atom. The highest BCUT2D eigenvalue weighted by Gasteiger charge is 2.37. The third kappa shape index (κ3) is 3.62. The van der Waals surface area contributed by atoms with Gasteiger partial charge in [-0.25, -0.2) is 4.39 Å². The first kappa shape index (κ1) is 18.6. The fourth-order valence-corrected chi connectivity index (χ4v) is 4.19. The number of rotatable bonds is 4. The Hall–Kier alpha value is -2.79. The highest BCUT2D eigenvalue weighted by Crippen LogP contribution is 2.34. The summed E-state index contributed by atoms with van der Waals surface area (Å²) in [6.07, 6.45) is 3.92. The lowest BCUT2D eigenvalue weighted by Gasteiger charge is -2.42.